The molecule has 3 rings (SSSR count). The Morgan fingerprint density at radius 3 is 2.52 bits per heavy atom. The second-order valence-electron chi connectivity index (χ2n) is 5.88. The predicted octanol–water partition coefficient (Wildman–Crippen LogP) is 1.71. The number of sulfonamides is 1. The maximum atomic E-state index is 12.4. The first-order chi connectivity index (χ1) is 11.8. The number of aromatic amines is 1. The molecule has 0 radical (unpaired) electrons. The van der Waals surface area contributed by atoms with E-state index in [4.69, 9.17) is 4.42 Å². The molecule has 0 amide bonds. The summed E-state index contributed by atoms with van der Waals surface area (Å²) in [5.74, 6) is -0.612. The number of fused-ring (bicyclic) bond motifs is 1. The van der Waals surface area contributed by atoms with Gasteiger partial charge in [-0.1, -0.05) is 12.1 Å². The molecule has 132 valence electrons. The molecule has 0 saturated carbocycles. The number of nitrogens with zero attached hydrogens (tertiary/aromatic N) is 1. The Kier molecular flexibility index (Phi) is 4.65. The summed E-state index contributed by atoms with van der Waals surface area (Å²) >= 11 is 0. The van der Waals surface area contributed by atoms with Crippen molar-refractivity contribution in [2.24, 2.45) is 0 Å². The van der Waals surface area contributed by atoms with Gasteiger partial charge in [0.05, 0.1) is 10.4 Å². The van der Waals surface area contributed by atoms with Gasteiger partial charge in [0, 0.05) is 32.4 Å². The van der Waals surface area contributed by atoms with Crippen molar-refractivity contribution in [1.29, 1.82) is 0 Å². The zero-order valence-electron chi connectivity index (χ0n) is 13.9. The van der Waals surface area contributed by atoms with Crippen LogP contribution in [0.4, 0.5) is 5.69 Å². The van der Waals surface area contributed by atoms with E-state index in [1.807, 2.05) is 43.3 Å². The normalized spacial score (nSPS) is 11.8. The third-order valence-corrected chi connectivity index (χ3v) is 5.32. The van der Waals surface area contributed by atoms with Crippen molar-refractivity contribution >= 4 is 26.8 Å². The maximum Gasteiger partial charge on any atom is 0.417 e. The molecule has 1 heterocycles. The Morgan fingerprint density at radius 2 is 1.84 bits per heavy atom. The highest BCUT2D eigenvalue weighted by atomic mass is 32.2. The van der Waals surface area contributed by atoms with Crippen LogP contribution in [-0.2, 0) is 16.4 Å². The summed E-state index contributed by atoms with van der Waals surface area (Å²) in [6, 6.07) is 12.2. The first-order valence-corrected chi connectivity index (χ1v) is 9.22. The monoisotopic (exact) mass is 361 g/mol. The Hall–Kier alpha value is -2.58. The number of benzene rings is 2. The SMILES string of the molecule is CN(C)c1ccc(CCNS(=O)(=O)c2ccc3[nH]c(=O)oc3c2)cc1. The maximum absolute atomic E-state index is 12.4. The van der Waals surface area contributed by atoms with Crippen molar-refractivity contribution in [3.63, 3.8) is 0 Å². The highest BCUT2D eigenvalue weighted by Crippen LogP contribution is 2.17. The molecule has 3 aromatic rings. The third kappa shape index (κ3) is 3.92. The van der Waals surface area contributed by atoms with E-state index in [1.54, 1.807) is 0 Å². The van der Waals surface area contributed by atoms with Gasteiger partial charge in [0.2, 0.25) is 10.0 Å². The summed E-state index contributed by atoms with van der Waals surface area (Å²) in [5.41, 5.74) is 2.81. The van der Waals surface area contributed by atoms with Crippen LogP contribution in [0.5, 0.6) is 0 Å². The van der Waals surface area contributed by atoms with Crippen LogP contribution in [0.2, 0.25) is 0 Å². The van der Waals surface area contributed by atoms with Crippen LogP contribution >= 0.6 is 0 Å². The van der Waals surface area contributed by atoms with Gasteiger partial charge in [-0.15, -0.1) is 0 Å². The number of nitrogens with one attached hydrogen (secondary N) is 2. The van der Waals surface area contributed by atoms with Gasteiger partial charge in [-0.25, -0.2) is 17.9 Å². The molecule has 0 aliphatic rings. The average molecular weight is 361 g/mol. The van der Waals surface area contributed by atoms with Gasteiger partial charge < -0.3 is 9.32 Å². The van der Waals surface area contributed by atoms with Gasteiger partial charge >= 0.3 is 5.76 Å². The lowest BCUT2D eigenvalue weighted by atomic mass is 10.1. The molecule has 0 unspecified atom stereocenters. The van der Waals surface area contributed by atoms with E-state index in [1.165, 1.54) is 18.2 Å². The molecule has 0 atom stereocenters. The number of hydrogen-bond acceptors (Lipinski definition) is 5. The second kappa shape index (κ2) is 6.73. The molecule has 7 nitrogen and oxygen atoms in total. The minimum absolute atomic E-state index is 0.0608. The number of oxazole rings is 1. The smallest absolute Gasteiger partial charge is 0.408 e. The average Bonchev–Trinajstić information content (AvgIpc) is 2.94. The summed E-state index contributed by atoms with van der Waals surface area (Å²) in [4.78, 5) is 15.7. The van der Waals surface area contributed by atoms with E-state index in [-0.39, 0.29) is 17.0 Å². The lowest BCUT2D eigenvalue weighted by Crippen LogP contribution is -2.26. The van der Waals surface area contributed by atoms with E-state index in [9.17, 15) is 13.2 Å². The third-order valence-electron chi connectivity index (χ3n) is 3.86. The van der Waals surface area contributed by atoms with Gasteiger partial charge in [0.15, 0.2) is 5.58 Å². The number of anilines is 1. The van der Waals surface area contributed by atoms with Crippen molar-refractivity contribution in [1.82, 2.24) is 9.71 Å². The van der Waals surface area contributed by atoms with Crippen LogP contribution in [0.25, 0.3) is 11.1 Å². The number of hydrogen-bond donors (Lipinski definition) is 2. The summed E-state index contributed by atoms with van der Waals surface area (Å²) in [5, 5.41) is 0. The van der Waals surface area contributed by atoms with Gasteiger partial charge in [-0.2, -0.15) is 0 Å². The standard InChI is InChI=1S/C17H19N3O4S/c1-20(2)13-5-3-12(4-6-13)9-10-18-25(22,23)14-7-8-15-16(11-14)24-17(21)19-15/h3-8,11,18H,9-10H2,1-2H3,(H,19,21). The first kappa shape index (κ1) is 17.2. The largest absolute Gasteiger partial charge is 0.417 e. The Bertz CT molecular complexity index is 1030. The van der Waals surface area contributed by atoms with Gasteiger partial charge in [0.1, 0.15) is 0 Å². The second-order valence-corrected chi connectivity index (χ2v) is 7.65. The Morgan fingerprint density at radius 1 is 1.12 bits per heavy atom. The molecule has 0 aliphatic heterocycles. The minimum Gasteiger partial charge on any atom is -0.408 e. The molecule has 0 aliphatic carbocycles. The van der Waals surface area contributed by atoms with Gasteiger partial charge in [-0.3, -0.25) is 4.98 Å². The molecule has 2 N–H and O–H groups in total. The first-order valence-electron chi connectivity index (χ1n) is 7.74. The van der Waals surface area contributed by atoms with E-state index >= 15 is 0 Å². The van der Waals surface area contributed by atoms with E-state index in [0.29, 0.717) is 11.9 Å². The molecule has 1 aromatic heterocycles. The van der Waals surface area contributed by atoms with Crippen LogP contribution in [0, 0.1) is 0 Å². The summed E-state index contributed by atoms with van der Waals surface area (Å²) < 4.78 is 32.2. The topological polar surface area (TPSA) is 95.4 Å². The summed E-state index contributed by atoms with van der Waals surface area (Å²) in [6.07, 6.45) is 0.578. The van der Waals surface area contributed by atoms with Crippen molar-refractivity contribution in [3.8, 4) is 0 Å². The van der Waals surface area contributed by atoms with Crippen LogP contribution in [0.15, 0.2) is 56.6 Å². The molecule has 8 heteroatoms. The zero-order chi connectivity index (χ0) is 18.0. The quantitative estimate of drug-likeness (QED) is 0.697. The number of H-pyrrole nitrogens is 1. The van der Waals surface area contributed by atoms with Crippen LogP contribution in [-0.4, -0.2) is 34.0 Å². The fourth-order valence-corrected chi connectivity index (χ4v) is 3.51. The Balaban J connectivity index is 1.67. The zero-order valence-corrected chi connectivity index (χ0v) is 14.8. The van der Waals surface area contributed by atoms with Crippen molar-refractivity contribution < 1.29 is 12.8 Å². The molecule has 25 heavy (non-hydrogen) atoms. The highest BCUT2D eigenvalue weighted by molar-refractivity contribution is 7.89. The molecule has 0 bridgehead atoms. The molecule has 0 spiro atoms. The predicted molar refractivity (Wildman–Crippen MR) is 96.5 cm³/mol. The Labute approximate surface area is 145 Å². The summed E-state index contributed by atoms with van der Waals surface area (Å²) in [7, 11) is 0.261. The lowest BCUT2D eigenvalue weighted by Gasteiger charge is -2.12. The van der Waals surface area contributed by atoms with E-state index in [2.05, 4.69) is 9.71 Å². The van der Waals surface area contributed by atoms with Crippen LogP contribution < -0.4 is 15.4 Å². The van der Waals surface area contributed by atoms with Crippen molar-refractivity contribution in [2.75, 3.05) is 25.5 Å². The summed E-state index contributed by atoms with van der Waals surface area (Å²) in [6.45, 7) is 0.277. The van der Waals surface area contributed by atoms with E-state index < -0.39 is 15.8 Å². The molecule has 2 aromatic carbocycles. The number of rotatable bonds is 6. The molecule has 0 fully saturated rings. The van der Waals surface area contributed by atoms with Gasteiger partial charge in [-0.05, 0) is 36.2 Å². The van der Waals surface area contributed by atoms with Crippen LogP contribution in [0.1, 0.15) is 5.56 Å². The van der Waals surface area contributed by atoms with Crippen LogP contribution in [0.3, 0.4) is 0 Å². The molecular formula is C17H19N3O4S. The number of aromatic nitrogens is 1. The molecule has 0 saturated heterocycles. The van der Waals surface area contributed by atoms with Gasteiger partial charge in [0.25, 0.3) is 0 Å². The molecular weight excluding hydrogens is 342 g/mol. The van der Waals surface area contributed by atoms with Crippen molar-refractivity contribution in [3.05, 3.63) is 58.6 Å². The minimum atomic E-state index is -3.67. The lowest BCUT2D eigenvalue weighted by molar-refractivity contribution is 0.553. The van der Waals surface area contributed by atoms with Crippen molar-refractivity contribution in [2.45, 2.75) is 11.3 Å². The highest BCUT2D eigenvalue weighted by Gasteiger charge is 2.15. The van der Waals surface area contributed by atoms with E-state index in [0.717, 1.165) is 11.3 Å². The fourth-order valence-electron chi connectivity index (χ4n) is 2.47. The fraction of sp³-hybridized carbons (Fsp3) is 0.235.